The number of nitrogens with zero attached hydrogens (tertiary/aromatic N) is 1. The van der Waals surface area contributed by atoms with Gasteiger partial charge in [-0.3, -0.25) is 14.5 Å². The Balaban J connectivity index is 2.57. The van der Waals surface area contributed by atoms with Crippen LogP contribution < -0.4 is 0 Å². The highest BCUT2D eigenvalue weighted by Crippen LogP contribution is 2.35. The molecular weight excluding hydrogens is 262 g/mol. The lowest BCUT2D eigenvalue weighted by Gasteiger charge is -2.36. The Labute approximate surface area is 129 Å². The summed E-state index contributed by atoms with van der Waals surface area (Å²) >= 11 is 0. The first kappa shape index (κ1) is 17.7. The van der Waals surface area contributed by atoms with Crippen molar-refractivity contribution in [2.75, 3.05) is 6.54 Å². The fraction of sp³-hybridized carbons (Fsp3) is 0.667. The lowest BCUT2D eigenvalue weighted by molar-refractivity contribution is -0.152. The lowest BCUT2D eigenvalue weighted by Crippen LogP contribution is -2.46. The molecule has 2 amide bonds. The Bertz CT molecular complexity index is 438. The molecule has 1 heterocycles. The SMILES string of the molecule is CCC1(C)CC(=O)N(C/C=C(\C)CCC=C(C)C)C(=O)C1. The van der Waals surface area contributed by atoms with Crippen molar-refractivity contribution in [2.45, 2.75) is 66.7 Å². The minimum absolute atomic E-state index is 0.0241. The molecule has 1 fully saturated rings. The second-order valence-corrected chi connectivity index (χ2v) is 6.79. The van der Waals surface area contributed by atoms with Crippen molar-refractivity contribution in [3.63, 3.8) is 0 Å². The molecule has 1 aliphatic heterocycles. The third-order valence-electron chi connectivity index (χ3n) is 4.33. The molecule has 118 valence electrons. The van der Waals surface area contributed by atoms with E-state index in [4.69, 9.17) is 0 Å². The predicted octanol–water partition coefficient (Wildman–Crippen LogP) is 4.24. The molecule has 1 aliphatic rings. The summed E-state index contributed by atoms with van der Waals surface area (Å²) in [7, 11) is 0. The zero-order valence-corrected chi connectivity index (χ0v) is 14.2. The number of piperidine rings is 1. The summed E-state index contributed by atoms with van der Waals surface area (Å²) in [6, 6.07) is 0. The molecule has 0 atom stereocenters. The van der Waals surface area contributed by atoms with E-state index in [0.717, 1.165) is 19.3 Å². The van der Waals surface area contributed by atoms with Gasteiger partial charge in [0, 0.05) is 19.4 Å². The van der Waals surface area contributed by atoms with Crippen LogP contribution in [0.3, 0.4) is 0 Å². The molecule has 0 aromatic carbocycles. The van der Waals surface area contributed by atoms with Gasteiger partial charge >= 0.3 is 0 Å². The van der Waals surface area contributed by atoms with E-state index in [-0.39, 0.29) is 17.2 Å². The molecule has 0 aliphatic carbocycles. The Morgan fingerprint density at radius 3 is 2.19 bits per heavy atom. The van der Waals surface area contributed by atoms with E-state index in [1.807, 2.05) is 19.9 Å². The Hall–Kier alpha value is -1.38. The molecule has 1 saturated heterocycles. The van der Waals surface area contributed by atoms with E-state index >= 15 is 0 Å². The molecule has 0 saturated carbocycles. The van der Waals surface area contributed by atoms with Crippen LogP contribution >= 0.6 is 0 Å². The van der Waals surface area contributed by atoms with Gasteiger partial charge < -0.3 is 0 Å². The zero-order chi connectivity index (χ0) is 16.0. The van der Waals surface area contributed by atoms with Crippen molar-refractivity contribution in [2.24, 2.45) is 5.41 Å². The highest BCUT2D eigenvalue weighted by Gasteiger charge is 2.38. The molecule has 21 heavy (non-hydrogen) atoms. The van der Waals surface area contributed by atoms with E-state index in [0.29, 0.717) is 19.4 Å². The van der Waals surface area contributed by atoms with Crippen LogP contribution in [-0.4, -0.2) is 23.3 Å². The Morgan fingerprint density at radius 2 is 1.71 bits per heavy atom. The molecule has 0 spiro atoms. The van der Waals surface area contributed by atoms with Crippen molar-refractivity contribution in [3.8, 4) is 0 Å². The number of imide groups is 1. The monoisotopic (exact) mass is 291 g/mol. The first-order valence-corrected chi connectivity index (χ1v) is 7.89. The minimum atomic E-state index is -0.146. The van der Waals surface area contributed by atoms with Crippen molar-refractivity contribution in [1.29, 1.82) is 0 Å². The van der Waals surface area contributed by atoms with Crippen LogP contribution in [0, 0.1) is 5.41 Å². The third-order valence-corrected chi connectivity index (χ3v) is 4.33. The second-order valence-electron chi connectivity index (χ2n) is 6.79. The summed E-state index contributed by atoms with van der Waals surface area (Å²) < 4.78 is 0. The van der Waals surface area contributed by atoms with Crippen LogP contribution in [0.2, 0.25) is 0 Å². The van der Waals surface area contributed by atoms with E-state index in [9.17, 15) is 9.59 Å². The molecule has 3 nitrogen and oxygen atoms in total. The van der Waals surface area contributed by atoms with Crippen LogP contribution in [0.1, 0.15) is 66.7 Å². The van der Waals surface area contributed by atoms with Gasteiger partial charge in [0.1, 0.15) is 0 Å². The molecule has 3 heteroatoms. The van der Waals surface area contributed by atoms with E-state index in [1.165, 1.54) is 16.0 Å². The van der Waals surface area contributed by atoms with Crippen molar-refractivity contribution in [3.05, 3.63) is 23.3 Å². The quantitative estimate of drug-likeness (QED) is 0.542. The van der Waals surface area contributed by atoms with Gasteiger partial charge in [0.2, 0.25) is 11.8 Å². The number of carbonyl (C=O) groups excluding carboxylic acids is 2. The molecule has 0 bridgehead atoms. The van der Waals surface area contributed by atoms with Crippen LogP contribution in [-0.2, 0) is 9.59 Å². The van der Waals surface area contributed by atoms with Gasteiger partial charge in [-0.15, -0.1) is 0 Å². The number of hydrogen-bond acceptors (Lipinski definition) is 2. The summed E-state index contributed by atoms with van der Waals surface area (Å²) in [6.07, 6.45) is 8.06. The molecule has 0 radical (unpaired) electrons. The van der Waals surface area contributed by atoms with Gasteiger partial charge in [-0.05, 0) is 45.4 Å². The average Bonchev–Trinajstić information content (AvgIpc) is 2.37. The van der Waals surface area contributed by atoms with Crippen molar-refractivity contribution < 1.29 is 9.59 Å². The maximum absolute atomic E-state index is 12.2. The fourth-order valence-corrected chi connectivity index (χ4v) is 2.51. The minimum Gasteiger partial charge on any atom is -0.279 e. The van der Waals surface area contributed by atoms with Gasteiger partial charge in [-0.2, -0.15) is 0 Å². The summed E-state index contributed by atoms with van der Waals surface area (Å²) in [5, 5.41) is 0. The van der Waals surface area contributed by atoms with E-state index < -0.39 is 0 Å². The standard InChI is InChI=1S/C18H29NO2/c1-6-18(5)12-16(20)19(17(21)13-18)11-10-15(4)9-7-8-14(2)3/h8,10H,6-7,9,11-13H2,1-5H3/b15-10+. The number of allylic oxidation sites excluding steroid dienone is 3. The van der Waals surface area contributed by atoms with Gasteiger partial charge in [-0.1, -0.05) is 37.1 Å². The van der Waals surface area contributed by atoms with Gasteiger partial charge in [0.15, 0.2) is 0 Å². The van der Waals surface area contributed by atoms with Crippen molar-refractivity contribution in [1.82, 2.24) is 4.90 Å². The van der Waals surface area contributed by atoms with Crippen LogP contribution in [0.5, 0.6) is 0 Å². The number of carbonyl (C=O) groups is 2. The summed E-state index contributed by atoms with van der Waals surface area (Å²) in [6.45, 7) is 10.7. The number of likely N-dealkylation sites (tertiary alicyclic amines) is 1. The Morgan fingerprint density at radius 1 is 1.14 bits per heavy atom. The third kappa shape index (κ3) is 5.49. The molecule has 0 aromatic rings. The normalized spacial score (nSPS) is 18.9. The topological polar surface area (TPSA) is 37.4 Å². The molecule has 0 unspecified atom stereocenters. The maximum Gasteiger partial charge on any atom is 0.230 e. The highest BCUT2D eigenvalue weighted by atomic mass is 16.2. The largest absolute Gasteiger partial charge is 0.279 e. The van der Waals surface area contributed by atoms with Crippen LogP contribution in [0.25, 0.3) is 0 Å². The summed E-state index contributed by atoms with van der Waals surface area (Å²) in [5.74, 6) is -0.0482. The number of amides is 2. The van der Waals surface area contributed by atoms with Gasteiger partial charge in [0.05, 0.1) is 0 Å². The van der Waals surface area contributed by atoms with Crippen molar-refractivity contribution >= 4 is 11.8 Å². The smallest absolute Gasteiger partial charge is 0.230 e. The first-order chi connectivity index (χ1) is 9.77. The van der Waals surface area contributed by atoms with Crippen LogP contribution in [0.15, 0.2) is 23.3 Å². The fourth-order valence-electron chi connectivity index (χ4n) is 2.51. The molecule has 0 aromatic heterocycles. The maximum atomic E-state index is 12.2. The second kappa shape index (κ2) is 7.58. The lowest BCUT2D eigenvalue weighted by atomic mass is 9.77. The number of rotatable bonds is 6. The van der Waals surface area contributed by atoms with E-state index in [1.54, 1.807) is 0 Å². The van der Waals surface area contributed by atoms with Crippen LogP contribution in [0.4, 0.5) is 0 Å². The average molecular weight is 291 g/mol. The summed E-state index contributed by atoms with van der Waals surface area (Å²) in [4.78, 5) is 25.7. The molecule has 0 N–H and O–H groups in total. The predicted molar refractivity (Wildman–Crippen MR) is 86.8 cm³/mol. The highest BCUT2D eigenvalue weighted by molar-refractivity contribution is 5.98. The molecule has 1 rings (SSSR count). The summed E-state index contributed by atoms with van der Waals surface area (Å²) in [5.41, 5.74) is 2.41. The van der Waals surface area contributed by atoms with Gasteiger partial charge in [0.25, 0.3) is 0 Å². The zero-order valence-electron chi connectivity index (χ0n) is 14.2. The first-order valence-electron chi connectivity index (χ1n) is 7.89. The van der Waals surface area contributed by atoms with E-state index in [2.05, 4.69) is 26.8 Å². The Kier molecular flexibility index (Phi) is 6.38. The van der Waals surface area contributed by atoms with Gasteiger partial charge in [-0.25, -0.2) is 0 Å². The number of hydrogen-bond donors (Lipinski definition) is 0. The molecular formula is C18H29NO2.